The molecule has 0 bridgehead atoms. The van der Waals surface area contributed by atoms with Gasteiger partial charge in [0.1, 0.15) is 0 Å². The molecule has 0 aromatic carbocycles. The van der Waals surface area contributed by atoms with E-state index in [-0.39, 0.29) is 17.0 Å². The minimum absolute atomic E-state index is 0.0599. The van der Waals surface area contributed by atoms with E-state index in [0.29, 0.717) is 12.4 Å². The maximum absolute atomic E-state index is 11.0. The van der Waals surface area contributed by atoms with Crippen LogP contribution in [0.15, 0.2) is 12.1 Å². The Balaban J connectivity index is 2.95. The Morgan fingerprint density at radius 3 is 2.58 bits per heavy atom. The standard InChI is InChI=1S/C12H20N4O3/c1-12(2,15(3)4)8-13-11-9(16(17)18)6-7-10(14-11)19-5/h6-7H,8H2,1-5H3,(H,13,14). The van der Waals surface area contributed by atoms with Crippen molar-refractivity contribution in [1.82, 2.24) is 9.88 Å². The Morgan fingerprint density at radius 1 is 1.47 bits per heavy atom. The highest BCUT2D eigenvalue weighted by molar-refractivity contribution is 5.57. The van der Waals surface area contributed by atoms with Gasteiger partial charge in [0.05, 0.1) is 12.0 Å². The Bertz CT molecular complexity index is 460. The van der Waals surface area contributed by atoms with Gasteiger partial charge in [-0.1, -0.05) is 0 Å². The summed E-state index contributed by atoms with van der Waals surface area (Å²) in [5.41, 5.74) is -0.214. The van der Waals surface area contributed by atoms with Gasteiger partial charge in [-0.15, -0.1) is 0 Å². The molecule has 1 rings (SSSR count). The van der Waals surface area contributed by atoms with Gasteiger partial charge >= 0.3 is 5.69 Å². The minimum Gasteiger partial charge on any atom is -0.481 e. The van der Waals surface area contributed by atoms with Crippen molar-refractivity contribution in [2.45, 2.75) is 19.4 Å². The van der Waals surface area contributed by atoms with Crippen LogP contribution in [0.25, 0.3) is 0 Å². The summed E-state index contributed by atoms with van der Waals surface area (Å²) < 4.78 is 4.98. The zero-order chi connectivity index (χ0) is 14.6. The molecule has 0 unspecified atom stereocenters. The second-order valence-electron chi connectivity index (χ2n) is 5.04. The summed E-state index contributed by atoms with van der Waals surface area (Å²) in [6.45, 7) is 4.60. The number of hydrogen-bond donors (Lipinski definition) is 1. The lowest BCUT2D eigenvalue weighted by molar-refractivity contribution is -0.384. The molecule has 0 amide bonds. The van der Waals surface area contributed by atoms with Crippen LogP contribution in [-0.2, 0) is 0 Å². The molecule has 0 radical (unpaired) electrons. The Labute approximate surface area is 112 Å². The van der Waals surface area contributed by atoms with Gasteiger partial charge in [-0.3, -0.25) is 10.1 Å². The van der Waals surface area contributed by atoms with E-state index in [1.807, 2.05) is 32.8 Å². The normalized spacial score (nSPS) is 11.5. The molecule has 7 nitrogen and oxygen atoms in total. The summed E-state index contributed by atoms with van der Waals surface area (Å²) >= 11 is 0. The Kier molecular flexibility index (Phi) is 4.66. The average Bonchev–Trinajstić information content (AvgIpc) is 2.35. The summed E-state index contributed by atoms with van der Waals surface area (Å²) in [5, 5.41) is 14.0. The summed E-state index contributed by atoms with van der Waals surface area (Å²) in [6, 6.07) is 2.86. The van der Waals surface area contributed by atoms with Gasteiger partial charge in [0, 0.05) is 24.2 Å². The number of nitro groups is 1. The minimum atomic E-state index is -0.461. The zero-order valence-corrected chi connectivity index (χ0v) is 11.9. The molecular formula is C12H20N4O3. The average molecular weight is 268 g/mol. The van der Waals surface area contributed by atoms with Crippen molar-refractivity contribution in [2.75, 3.05) is 33.1 Å². The van der Waals surface area contributed by atoms with E-state index in [0.717, 1.165) is 0 Å². The van der Waals surface area contributed by atoms with Crippen molar-refractivity contribution >= 4 is 11.5 Å². The zero-order valence-electron chi connectivity index (χ0n) is 11.9. The summed E-state index contributed by atoms with van der Waals surface area (Å²) in [4.78, 5) is 16.6. The molecule has 0 saturated carbocycles. The van der Waals surface area contributed by atoms with Crippen LogP contribution in [0.2, 0.25) is 0 Å². The van der Waals surface area contributed by atoms with Crippen molar-refractivity contribution in [2.24, 2.45) is 0 Å². The second-order valence-corrected chi connectivity index (χ2v) is 5.04. The van der Waals surface area contributed by atoms with Gasteiger partial charge in [0.25, 0.3) is 0 Å². The molecule has 7 heteroatoms. The first kappa shape index (κ1) is 15.2. The molecule has 0 saturated heterocycles. The van der Waals surface area contributed by atoms with Gasteiger partial charge in [-0.05, 0) is 27.9 Å². The van der Waals surface area contributed by atoms with Crippen molar-refractivity contribution in [3.05, 3.63) is 22.2 Å². The van der Waals surface area contributed by atoms with Crippen molar-refractivity contribution < 1.29 is 9.66 Å². The topological polar surface area (TPSA) is 80.5 Å². The SMILES string of the molecule is COc1ccc([N+](=O)[O-])c(NCC(C)(C)N(C)C)n1. The third-order valence-electron chi connectivity index (χ3n) is 3.15. The van der Waals surface area contributed by atoms with E-state index in [2.05, 4.69) is 10.3 Å². The van der Waals surface area contributed by atoms with Crippen molar-refractivity contribution in [3.63, 3.8) is 0 Å². The highest BCUT2D eigenvalue weighted by atomic mass is 16.6. The smallest absolute Gasteiger partial charge is 0.311 e. The van der Waals surface area contributed by atoms with Crippen LogP contribution < -0.4 is 10.1 Å². The maximum Gasteiger partial charge on any atom is 0.311 e. The second kappa shape index (κ2) is 5.83. The molecule has 1 aromatic rings. The Hall–Kier alpha value is -1.89. The lowest BCUT2D eigenvalue weighted by Crippen LogP contribution is -2.44. The van der Waals surface area contributed by atoms with E-state index >= 15 is 0 Å². The van der Waals surface area contributed by atoms with Crippen LogP contribution in [-0.4, -0.2) is 48.1 Å². The number of ether oxygens (including phenoxy) is 1. The quantitative estimate of drug-likeness (QED) is 0.625. The summed E-state index contributed by atoms with van der Waals surface area (Å²) in [7, 11) is 5.38. The predicted octanol–water partition coefficient (Wildman–Crippen LogP) is 1.75. The van der Waals surface area contributed by atoms with E-state index in [1.54, 1.807) is 0 Å². The number of rotatable bonds is 6. The van der Waals surface area contributed by atoms with Crippen LogP contribution in [0.1, 0.15) is 13.8 Å². The number of likely N-dealkylation sites (N-methyl/N-ethyl adjacent to an activating group) is 1. The summed E-state index contributed by atoms with van der Waals surface area (Å²) in [5.74, 6) is 0.565. The number of nitrogens with zero attached hydrogens (tertiary/aromatic N) is 3. The third kappa shape index (κ3) is 3.78. The van der Waals surface area contributed by atoms with Crippen molar-refractivity contribution in [3.8, 4) is 5.88 Å². The molecule has 1 N–H and O–H groups in total. The lowest BCUT2D eigenvalue weighted by Gasteiger charge is -2.32. The predicted molar refractivity (Wildman–Crippen MR) is 73.7 cm³/mol. The van der Waals surface area contributed by atoms with Gasteiger partial charge in [0.2, 0.25) is 11.7 Å². The molecule has 0 fully saturated rings. The molecule has 0 atom stereocenters. The molecule has 19 heavy (non-hydrogen) atoms. The number of nitrogens with one attached hydrogen (secondary N) is 1. The van der Waals surface area contributed by atoms with Crippen molar-refractivity contribution in [1.29, 1.82) is 0 Å². The van der Waals surface area contributed by atoms with E-state index in [9.17, 15) is 10.1 Å². The molecule has 106 valence electrons. The van der Waals surface area contributed by atoms with Crippen LogP contribution in [0.3, 0.4) is 0 Å². The van der Waals surface area contributed by atoms with Gasteiger partial charge in [-0.25, -0.2) is 0 Å². The molecule has 0 spiro atoms. The van der Waals surface area contributed by atoms with Crippen LogP contribution in [0.4, 0.5) is 11.5 Å². The molecule has 0 aliphatic heterocycles. The number of anilines is 1. The van der Waals surface area contributed by atoms with E-state index in [1.165, 1.54) is 19.2 Å². The number of methoxy groups -OCH3 is 1. The number of hydrogen-bond acceptors (Lipinski definition) is 6. The van der Waals surface area contributed by atoms with Gasteiger partial charge < -0.3 is 15.0 Å². The number of aromatic nitrogens is 1. The van der Waals surface area contributed by atoms with E-state index < -0.39 is 4.92 Å². The van der Waals surface area contributed by atoms with Crippen LogP contribution in [0, 0.1) is 10.1 Å². The number of pyridine rings is 1. The molecule has 0 aliphatic rings. The third-order valence-corrected chi connectivity index (χ3v) is 3.15. The lowest BCUT2D eigenvalue weighted by atomic mass is 10.0. The first-order chi connectivity index (χ1) is 8.77. The molecular weight excluding hydrogens is 248 g/mol. The monoisotopic (exact) mass is 268 g/mol. The fourth-order valence-corrected chi connectivity index (χ4v) is 1.28. The van der Waals surface area contributed by atoms with Gasteiger partial charge in [-0.2, -0.15) is 4.98 Å². The van der Waals surface area contributed by atoms with Gasteiger partial charge in [0.15, 0.2) is 0 Å². The van der Waals surface area contributed by atoms with Crippen LogP contribution >= 0.6 is 0 Å². The highest BCUT2D eigenvalue weighted by Crippen LogP contribution is 2.25. The first-order valence-corrected chi connectivity index (χ1v) is 5.88. The Morgan fingerprint density at radius 2 is 2.11 bits per heavy atom. The highest BCUT2D eigenvalue weighted by Gasteiger charge is 2.23. The molecule has 1 aromatic heterocycles. The largest absolute Gasteiger partial charge is 0.481 e. The van der Waals surface area contributed by atoms with Crippen LogP contribution in [0.5, 0.6) is 5.88 Å². The first-order valence-electron chi connectivity index (χ1n) is 5.88. The molecule has 1 heterocycles. The summed E-state index contributed by atoms with van der Waals surface area (Å²) in [6.07, 6.45) is 0. The fourth-order valence-electron chi connectivity index (χ4n) is 1.28. The fraction of sp³-hybridized carbons (Fsp3) is 0.583. The van der Waals surface area contributed by atoms with E-state index in [4.69, 9.17) is 4.74 Å². The maximum atomic E-state index is 11.0. The molecule has 0 aliphatic carbocycles.